The van der Waals surface area contributed by atoms with Crippen LogP contribution in [0.5, 0.6) is 0 Å². The summed E-state index contributed by atoms with van der Waals surface area (Å²) in [5.74, 6) is -0.784. The molecule has 3 N–H and O–H groups in total. The van der Waals surface area contributed by atoms with Crippen molar-refractivity contribution in [1.82, 2.24) is 4.90 Å². The summed E-state index contributed by atoms with van der Waals surface area (Å²) < 4.78 is 13.6. The summed E-state index contributed by atoms with van der Waals surface area (Å²) in [7, 11) is 1.56. The summed E-state index contributed by atoms with van der Waals surface area (Å²) in [6.45, 7) is 0.281. The lowest BCUT2D eigenvalue weighted by Gasteiger charge is -2.16. The first-order chi connectivity index (χ1) is 8.43. The van der Waals surface area contributed by atoms with Crippen molar-refractivity contribution in [3.8, 4) is 0 Å². The molecule has 0 aliphatic heterocycles. The number of rotatable bonds is 4. The molecule has 98 valence electrons. The second-order valence-corrected chi connectivity index (χ2v) is 4.64. The molecule has 0 bridgehead atoms. The molecule has 1 aromatic carbocycles. The fourth-order valence-electron chi connectivity index (χ4n) is 1.33. The number of amidine groups is 1. The molecule has 0 heterocycles. The molecule has 18 heavy (non-hydrogen) atoms. The van der Waals surface area contributed by atoms with E-state index >= 15 is 0 Å². The lowest BCUT2D eigenvalue weighted by Crippen LogP contribution is -2.30. The Kier molecular flexibility index (Phi) is 5.08. The molecule has 0 radical (unpaired) electrons. The Morgan fingerprint density at radius 2 is 2.22 bits per heavy atom. The maximum absolute atomic E-state index is 13.1. The molecule has 0 aliphatic carbocycles. The molecule has 1 aromatic rings. The number of carbonyl (C=O) groups excluding carboxylic acids is 1. The molecule has 1 rings (SSSR count). The quantitative estimate of drug-likeness (QED) is 0.384. The number of carbonyl (C=O) groups is 1. The number of halogens is 2. The van der Waals surface area contributed by atoms with Gasteiger partial charge in [0.05, 0.1) is 0 Å². The van der Waals surface area contributed by atoms with Gasteiger partial charge in [-0.05, 0) is 18.2 Å². The van der Waals surface area contributed by atoms with Gasteiger partial charge in [-0.15, -0.1) is 0 Å². The van der Waals surface area contributed by atoms with E-state index in [1.54, 1.807) is 7.05 Å². The molecule has 5 nitrogen and oxygen atoms in total. The van der Waals surface area contributed by atoms with Crippen LogP contribution in [0, 0.1) is 5.82 Å². The molecular weight excluding hydrogens is 305 g/mol. The van der Waals surface area contributed by atoms with E-state index in [0.717, 1.165) is 6.07 Å². The predicted octanol–water partition coefficient (Wildman–Crippen LogP) is 1.80. The van der Waals surface area contributed by atoms with Crippen LogP contribution in [0.2, 0.25) is 0 Å². The van der Waals surface area contributed by atoms with Crippen molar-refractivity contribution in [2.45, 2.75) is 6.42 Å². The van der Waals surface area contributed by atoms with Crippen molar-refractivity contribution in [3.63, 3.8) is 0 Å². The van der Waals surface area contributed by atoms with Crippen molar-refractivity contribution in [1.29, 1.82) is 0 Å². The predicted molar refractivity (Wildman–Crippen MR) is 69.1 cm³/mol. The normalized spacial score (nSPS) is 11.4. The number of benzene rings is 1. The van der Waals surface area contributed by atoms with E-state index in [9.17, 15) is 9.18 Å². The zero-order valence-corrected chi connectivity index (χ0v) is 11.3. The summed E-state index contributed by atoms with van der Waals surface area (Å²) in [5.41, 5.74) is 5.54. The molecule has 0 saturated heterocycles. The second-order valence-electron chi connectivity index (χ2n) is 3.73. The molecule has 0 saturated carbocycles. The van der Waals surface area contributed by atoms with E-state index in [1.165, 1.54) is 17.0 Å². The number of nitrogens with two attached hydrogens (primary N) is 1. The van der Waals surface area contributed by atoms with Crippen LogP contribution >= 0.6 is 15.9 Å². The highest BCUT2D eigenvalue weighted by molar-refractivity contribution is 9.10. The van der Waals surface area contributed by atoms with Crippen LogP contribution in [0.1, 0.15) is 16.8 Å². The highest BCUT2D eigenvalue weighted by atomic mass is 79.9. The summed E-state index contributed by atoms with van der Waals surface area (Å²) in [5, 5.41) is 11.2. The molecule has 0 unspecified atom stereocenters. The Balaban J connectivity index is 2.74. The van der Waals surface area contributed by atoms with Crippen molar-refractivity contribution < 1.29 is 14.4 Å². The minimum absolute atomic E-state index is 0.0371. The molecule has 0 spiro atoms. The van der Waals surface area contributed by atoms with Gasteiger partial charge in [0.1, 0.15) is 11.7 Å². The Labute approximate surface area is 112 Å². The topological polar surface area (TPSA) is 78.9 Å². The average molecular weight is 318 g/mol. The van der Waals surface area contributed by atoms with E-state index in [4.69, 9.17) is 10.9 Å². The lowest BCUT2D eigenvalue weighted by molar-refractivity contribution is 0.0798. The SMILES string of the molecule is CN(CC/C(N)=N/O)C(=O)c1cc(F)cc(Br)c1. The van der Waals surface area contributed by atoms with Crippen molar-refractivity contribution >= 4 is 27.7 Å². The zero-order valence-electron chi connectivity index (χ0n) is 9.73. The molecule has 0 aromatic heterocycles. The van der Waals surface area contributed by atoms with E-state index < -0.39 is 5.82 Å². The standard InChI is InChI=1S/C11H13BrFN3O2/c1-16(3-2-10(14)15-18)11(17)7-4-8(12)6-9(13)5-7/h4-6,18H,2-3H2,1H3,(H2,14,15). The van der Waals surface area contributed by atoms with Crippen LogP contribution in [0.25, 0.3) is 0 Å². The van der Waals surface area contributed by atoms with Crippen LogP contribution in [-0.4, -0.2) is 35.4 Å². The fourth-order valence-corrected chi connectivity index (χ4v) is 1.80. The molecule has 7 heteroatoms. The highest BCUT2D eigenvalue weighted by Crippen LogP contribution is 2.16. The van der Waals surface area contributed by atoms with Crippen LogP contribution in [-0.2, 0) is 0 Å². The monoisotopic (exact) mass is 317 g/mol. The third-order valence-electron chi connectivity index (χ3n) is 2.29. The van der Waals surface area contributed by atoms with Gasteiger partial charge in [-0.25, -0.2) is 4.39 Å². The van der Waals surface area contributed by atoms with Crippen LogP contribution in [0.4, 0.5) is 4.39 Å². The second kappa shape index (κ2) is 6.34. The van der Waals surface area contributed by atoms with Gasteiger partial charge in [0, 0.05) is 30.0 Å². The first kappa shape index (κ1) is 14.4. The molecule has 1 amide bonds. The van der Waals surface area contributed by atoms with Gasteiger partial charge in [0.15, 0.2) is 0 Å². The largest absolute Gasteiger partial charge is 0.409 e. The highest BCUT2D eigenvalue weighted by Gasteiger charge is 2.13. The molecular formula is C11H13BrFN3O2. The first-order valence-corrected chi connectivity index (χ1v) is 5.91. The van der Waals surface area contributed by atoms with Crippen LogP contribution < -0.4 is 5.73 Å². The Morgan fingerprint density at radius 3 is 2.78 bits per heavy atom. The first-order valence-electron chi connectivity index (χ1n) is 5.12. The van der Waals surface area contributed by atoms with Gasteiger partial charge in [-0.1, -0.05) is 21.1 Å². The van der Waals surface area contributed by atoms with E-state index in [2.05, 4.69) is 21.1 Å². The summed E-state index contributed by atoms with van der Waals surface area (Å²) in [6.07, 6.45) is 0.245. The molecule has 0 aliphatic rings. The fraction of sp³-hybridized carbons (Fsp3) is 0.273. The number of hydrogen-bond acceptors (Lipinski definition) is 3. The minimum atomic E-state index is -0.488. The average Bonchev–Trinajstić information content (AvgIpc) is 2.33. The maximum atomic E-state index is 13.1. The molecule has 0 fully saturated rings. The van der Waals surface area contributed by atoms with Crippen LogP contribution in [0.15, 0.2) is 27.8 Å². The number of nitrogens with zero attached hydrogens (tertiary/aromatic N) is 2. The third-order valence-corrected chi connectivity index (χ3v) is 2.75. The summed E-state index contributed by atoms with van der Waals surface area (Å²) in [4.78, 5) is 13.3. The number of hydrogen-bond donors (Lipinski definition) is 2. The van der Waals surface area contributed by atoms with Gasteiger partial charge in [0.2, 0.25) is 0 Å². The maximum Gasteiger partial charge on any atom is 0.253 e. The Morgan fingerprint density at radius 1 is 1.56 bits per heavy atom. The smallest absolute Gasteiger partial charge is 0.253 e. The lowest BCUT2D eigenvalue weighted by atomic mass is 10.2. The Bertz CT molecular complexity index is 459. The minimum Gasteiger partial charge on any atom is -0.409 e. The van der Waals surface area contributed by atoms with Crippen LogP contribution in [0.3, 0.4) is 0 Å². The number of oxime groups is 1. The number of amides is 1. The van der Waals surface area contributed by atoms with Gasteiger partial charge < -0.3 is 15.8 Å². The van der Waals surface area contributed by atoms with Gasteiger partial charge in [-0.2, -0.15) is 0 Å². The van der Waals surface area contributed by atoms with E-state index in [0.29, 0.717) is 4.47 Å². The Hall–Kier alpha value is -1.63. The van der Waals surface area contributed by atoms with Gasteiger partial charge >= 0.3 is 0 Å². The van der Waals surface area contributed by atoms with E-state index in [1.807, 2.05) is 0 Å². The van der Waals surface area contributed by atoms with Crippen molar-refractivity contribution in [2.24, 2.45) is 10.9 Å². The van der Waals surface area contributed by atoms with Gasteiger partial charge in [-0.3, -0.25) is 4.79 Å². The third kappa shape index (κ3) is 3.99. The zero-order chi connectivity index (χ0) is 13.7. The van der Waals surface area contributed by atoms with Crippen molar-refractivity contribution in [2.75, 3.05) is 13.6 Å². The summed E-state index contributed by atoms with van der Waals surface area (Å²) in [6, 6.07) is 3.96. The molecule has 0 atom stereocenters. The summed E-state index contributed by atoms with van der Waals surface area (Å²) >= 11 is 3.12. The van der Waals surface area contributed by atoms with Gasteiger partial charge in [0.25, 0.3) is 5.91 Å². The van der Waals surface area contributed by atoms with E-state index in [-0.39, 0.29) is 30.3 Å². The van der Waals surface area contributed by atoms with Crippen molar-refractivity contribution in [3.05, 3.63) is 34.1 Å².